The Morgan fingerprint density at radius 1 is 1.45 bits per heavy atom. The van der Waals surface area contributed by atoms with Gasteiger partial charge in [-0.15, -0.1) is 0 Å². The van der Waals surface area contributed by atoms with Crippen molar-refractivity contribution in [3.63, 3.8) is 0 Å². The minimum absolute atomic E-state index is 0.233. The van der Waals surface area contributed by atoms with E-state index >= 15 is 0 Å². The van der Waals surface area contributed by atoms with Gasteiger partial charge < -0.3 is 15.2 Å². The molecule has 1 rings (SSSR count). The fourth-order valence-corrected chi connectivity index (χ4v) is 1.61. The van der Waals surface area contributed by atoms with Crippen LogP contribution in [0, 0.1) is 11.8 Å². The molecule has 0 radical (unpaired) electrons. The summed E-state index contributed by atoms with van der Waals surface area (Å²) in [6.07, 6.45) is 3.69. The van der Waals surface area contributed by atoms with Crippen molar-refractivity contribution in [2.45, 2.75) is 32.4 Å². The van der Waals surface area contributed by atoms with Crippen LogP contribution in [0.25, 0.3) is 0 Å². The van der Waals surface area contributed by atoms with Gasteiger partial charge in [0.15, 0.2) is 0 Å². The molecule has 0 fully saturated rings. The van der Waals surface area contributed by atoms with Gasteiger partial charge in [-0.3, -0.25) is 0 Å². The van der Waals surface area contributed by atoms with Crippen molar-refractivity contribution in [2.24, 2.45) is 0 Å². The summed E-state index contributed by atoms with van der Waals surface area (Å²) in [7, 11) is 1.67. The number of nitrogens with one attached hydrogen (secondary N) is 1. The van der Waals surface area contributed by atoms with Gasteiger partial charge in [-0.1, -0.05) is 30.0 Å². The van der Waals surface area contributed by atoms with Crippen molar-refractivity contribution < 1.29 is 9.84 Å². The van der Waals surface area contributed by atoms with E-state index in [4.69, 9.17) is 4.74 Å². The molecule has 3 nitrogen and oxygen atoms in total. The molecule has 1 aromatic carbocycles. The van der Waals surface area contributed by atoms with Gasteiger partial charge >= 0.3 is 0 Å². The van der Waals surface area contributed by atoms with E-state index in [1.807, 2.05) is 24.3 Å². The maximum atomic E-state index is 9.43. The molecular weight excluding hydrogens is 250 g/mol. The van der Waals surface area contributed by atoms with Gasteiger partial charge in [0.05, 0.1) is 7.11 Å². The third-order valence-corrected chi connectivity index (χ3v) is 2.71. The molecule has 1 aromatic rings. The van der Waals surface area contributed by atoms with Crippen LogP contribution in [0.5, 0.6) is 5.75 Å². The van der Waals surface area contributed by atoms with Crippen molar-refractivity contribution in [3.8, 4) is 17.6 Å². The summed E-state index contributed by atoms with van der Waals surface area (Å²) in [4.78, 5) is 0. The monoisotopic (exact) mass is 273 g/mol. The molecule has 0 spiro atoms. The van der Waals surface area contributed by atoms with Crippen molar-refractivity contribution >= 4 is 0 Å². The van der Waals surface area contributed by atoms with E-state index in [1.165, 1.54) is 5.56 Å². The van der Waals surface area contributed by atoms with Crippen LogP contribution < -0.4 is 10.1 Å². The molecule has 0 aliphatic carbocycles. The predicted octanol–water partition coefficient (Wildman–Crippen LogP) is 2.68. The highest BCUT2D eigenvalue weighted by atomic mass is 16.5. The van der Waals surface area contributed by atoms with E-state index in [9.17, 15) is 5.11 Å². The average molecular weight is 273 g/mol. The molecule has 0 heterocycles. The molecule has 108 valence electrons. The number of rotatable bonds is 5. The SMILES string of the molecule is COc1cccc([C@@H](C)NC/C=C/C#CC(C)(C)O)c1. The highest BCUT2D eigenvalue weighted by molar-refractivity contribution is 5.30. The lowest BCUT2D eigenvalue weighted by Gasteiger charge is -2.13. The van der Waals surface area contributed by atoms with Crippen LogP contribution in [0.15, 0.2) is 36.4 Å². The number of allylic oxidation sites excluding steroid dienone is 1. The molecule has 0 aliphatic rings. The summed E-state index contributed by atoms with van der Waals surface area (Å²) in [6, 6.07) is 8.24. The minimum Gasteiger partial charge on any atom is -0.497 e. The molecule has 0 saturated heterocycles. The maximum Gasteiger partial charge on any atom is 0.120 e. The van der Waals surface area contributed by atoms with E-state index in [0.29, 0.717) is 0 Å². The minimum atomic E-state index is -0.939. The van der Waals surface area contributed by atoms with Crippen molar-refractivity contribution in [1.29, 1.82) is 0 Å². The second-order valence-electron chi connectivity index (χ2n) is 5.14. The van der Waals surface area contributed by atoms with Crippen LogP contribution >= 0.6 is 0 Å². The van der Waals surface area contributed by atoms with E-state index < -0.39 is 5.60 Å². The number of benzene rings is 1. The lowest BCUT2D eigenvalue weighted by atomic mass is 10.1. The molecule has 0 saturated carbocycles. The number of hydrogen-bond acceptors (Lipinski definition) is 3. The molecule has 0 amide bonds. The molecule has 0 bridgehead atoms. The Bertz CT molecular complexity index is 504. The zero-order chi connectivity index (χ0) is 15.0. The standard InChI is InChI=1S/C17H23NO2/c1-14(15-9-8-10-16(13-15)20-4)18-12-7-5-6-11-17(2,3)19/h5,7-10,13-14,18-19H,12H2,1-4H3/b7-5+/t14-/m1/s1. The highest BCUT2D eigenvalue weighted by Crippen LogP contribution is 2.18. The lowest BCUT2D eigenvalue weighted by Crippen LogP contribution is -2.18. The Hall–Kier alpha value is -1.76. The first-order chi connectivity index (χ1) is 9.42. The summed E-state index contributed by atoms with van der Waals surface area (Å²) in [5, 5.41) is 12.8. The lowest BCUT2D eigenvalue weighted by molar-refractivity contribution is 0.143. The van der Waals surface area contributed by atoms with Gasteiger partial charge in [0.25, 0.3) is 0 Å². The number of aliphatic hydroxyl groups is 1. The second-order valence-corrected chi connectivity index (χ2v) is 5.14. The average Bonchev–Trinajstić information content (AvgIpc) is 2.41. The molecular formula is C17H23NO2. The Morgan fingerprint density at radius 2 is 2.20 bits per heavy atom. The van der Waals surface area contributed by atoms with Crippen molar-refractivity contribution in [2.75, 3.05) is 13.7 Å². The molecule has 20 heavy (non-hydrogen) atoms. The number of ether oxygens (including phenoxy) is 1. The summed E-state index contributed by atoms with van der Waals surface area (Å²) < 4.78 is 5.21. The summed E-state index contributed by atoms with van der Waals surface area (Å²) in [5.41, 5.74) is 0.242. The third-order valence-electron chi connectivity index (χ3n) is 2.71. The zero-order valence-electron chi connectivity index (χ0n) is 12.6. The van der Waals surface area contributed by atoms with Gasteiger partial charge in [-0.25, -0.2) is 0 Å². The molecule has 0 unspecified atom stereocenters. The topological polar surface area (TPSA) is 41.5 Å². The first-order valence-corrected chi connectivity index (χ1v) is 6.70. The largest absolute Gasteiger partial charge is 0.497 e. The van der Waals surface area contributed by atoms with Crippen molar-refractivity contribution in [1.82, 2.24) is 5.32 Å². The van der Waals surface area contributed by atoms with E-state index in [1.54, 1.807) is 27.0 Å². The summed E-state index contributed by atoms with van der Waals surface area (Å²) >= 11 is 0. The van der Waals surface area contributed by atoms with Gasteiger partial charge in [-0.05, 0) is 44.5 Å². The third kappa shape index (κ3) is 6.42. The Labute approximate surface area is 121 Å². The molecule has 2 N–H and O–H groups in total. The highest BCUT2D eigenvalue weighted by Gasteiger charge is 2.05. The Morgan fingerprint density at radius 3 is 2.85 bits per heavy atom. The van der Waals surface area contributed by atoms with Crippen molar-refractivity contribution in [3.05, 3.63) is 42.0 Å². The maximum absolute atomic E-state index is 9.43. The first-order valence-electron chi connectivity index (χ1n) is 6.70. The molecule has 0 aliphatic heterocycles. The summed E-state index contributed by atoms with van der Waals surface area (Å²) in [6.45, 7) is 6.15. The quantitative estimate of drug-likeness (QED) is 0.810. The molecule has 1 atom stereocenters. The van der Waals surface area contributed by atoms with Gasteiger partial charge in [0.1, 0.15) is 11.4 Å². The van der Waals surface area contributed by atoms with Gasteiger partial charge in [0, 0.05) is 12.6 Å². The van der Waals surface area contributed by atoms with Gasteiger partial charge in [0.2, 0.25) is 0 Å². The van der Waals surface area contributed by atoms with Crippen LogP contribution in [-0.4, -0.2) is 24.4 Å². The van der Waals surface area contributed by atoms with Gasteiger partial charge in [-0.2, -0.15) is 0 Å². The van der Waals surface area contributed by atoms with E-state index in [2.05, 4.69) is 30.1 Å². The fraction of sp³-hybridized carbons (Fsp3) is 0.412. The van der Waals surface area contributed by atoms with Crippen LogP contribution in [0.2, 0.25) is 0 Å². The normalized spacial score (nSPS) is 12.8. The number of hydrogen-bond donors (Lipinski definition) is 2. The van der Waals surface area contributed by atoms with Crippen LogP contribution in [0.1, 0.15) is 32.4 Å². The van der Waals surface area contributed by atoms with Crippen LogP contribution in [0.3, 0.4) is 0 Å². The Kier molecular flexibility index (Phi) is 6.30. The van der Waals surface area contributed by atoms with E-state index in [0.717, 1.165) is 12.3 Å². The predicted molar refractivity (Wildman–Crippen MR) is 82.6 cm³/mol. The molecule has 0 aromatic heterocycles. The molecule has 3 heteroatoms. The smallest absolute Gasteiger partial charge is 0.120 e. The number of methoxy groups -OCH3 is 1. The summed E-state index contributed by atoms with van der Waals surface area (Å²) in [5.74, 6) is 6.41. The van der Waals surface area contributed by atoms with E-state index in [-0.39, 0.29) is 6.04 Å². The Balaban J connectivity index is 2.45. The fourth-order valence-electron chi connectivity index (χ4n) is 1.61. The van der Waals surface area contributed by atoms with Crippen LogP contribution in [0.4, 0.5) is 0 Å². The van der Waals surface area contributed by atoms with Crippen LogP contribution in [-0.2, 0) is 0 Å². The second kappa shape index (κ2) is 7.74. The zero-order valence-corrected chi connectivity index (χ0v) is 12.6. The first kappa shape index (κ1) is 16.3.